The molecule has 7 heteroatoms. The molecule has 2 aliphatic rings. The number of benzene rings is 1. The highest BCUT2D eigenvalue weighted by Gasteiger charge is 2.41. The van der Waals surface area contributed by atoms with Gasteiger partial charge in [0.2, 0.25) is 5.91 Å². The molecule has 1 aromatic rings. The van der Waals surface area contributed by atoms with Gasteiger partial charge in [-0.25, -0.2) is 4.79 Å². The number of hydrogen-bond acceptors (Lipinski definition) is 5. The summed E-state index contributed by atoms with van der Waals surface area (Å²) in [4.78, 5) is 54.7. The molecule has 2 aliphatic heterocycles. The van der Waals surface area contributed by atoms with Crippen molar-refractivity contribution >= 4 is 23.7 Å². The molecular weight excluding hydrogens is 300 g/mol. The van der Waals surface area contributed by atoms with E-state index in [0.717, 1.165) is 0 Å². The van der Waals surface area contributed by atoms with Crippen molar-refractivity contribution in [2.75, 3.05) is 13.1 Å². The van der Waals surface area contributed by atoms with E-state index in [1.807, 2.05) is 0 Å². The second kappa shape index (κ2) is 5.83. The minimum absolute atomic E-state index is 0.0268. The standard InChI is InChI=1S/C16H16N2O5/c1-2-13(19)17-8-7-10(9-17)16(22)23-18-14(20)11-5-3-4-6-12(11)15(18)21/h3-6,10H,2,7-9H2,1H3. The van der Waals surface area contributed by atoms with Crippen molar-refractivity contribution in [1.82, 2.24) is 9.96 Å². The lowest BCUT2D eigenvalue weighted by Gasteiger charge is -2.17. The Labute approximate surface area is 132 Å². The van der Waals surface area contributed by atoms with Crippen LogP contribution >= 0.6 is 0 Å². The van der Waals surface area contributed by atoms with Gasteiger partial charge in [-0.2, -0.15) is 0 Å². The number of hydrogen-bond donors (Lipinski definition) is 0. The largest absolute Gasteiger partial charge is 0.342 e. The second-order valence-electron chi connectivity index (χ2n) is 5.54. The van der Waals surface area contributed by atoms with Crippen molar-refractivity contribution in [3.8, 4) is 0 Å². The molecular formula is C16H16N2O5. The van der Waals surface area contributed by atoms with Crippen LogP contribution in [0.25, 0.3) is 0 Å². The average Bonchev–Trinajstić information content (AvgIpc) is 3.15. The Balaban J connectivity index is 1.67. The van der Waals surface area contributed by atoms with Crippen molar-refractivity contribution in [2.45, 2.75) is 19.8 Å². The third-order valence-corrected chi connectivity index (χ3v) is 4.11. The van der Waals surface area contributed by atoms with E-state index in [2.05, 4.69) is 0 Å². The van der Waals surface area contributed by atoms with E-state index in [1.54, 1.807) is 24.0 Å². The zero-order valence-electron chi connectivity index (χ0n) is 12.7. The van der Waals surface area contributed by atoms with Crippen LogP contribution < -0.4 is 0 Å². The van der Waals surface area contributed by atoms with Gasteiger partial charge >= 0.3 is 5.97 Å². The minimum Gasteiger partial charge on any atom is -0.342 e. The third-order valence-electron chi connectivity index (χ3n) is 4.11. The Kier molecular flexibility index (Phi) is 3.85. The molecule has 120 valence electrons. The van der Waals surface area contributed by atoms with Crippen LogP contribution in [-0.4, -0.2) is 46.7 Å². The van der Waals surface area contributed by atoms with Crippen molar-refractivity contribution in [1.29, 1.82) is 0 Å². The van der Waals surface area contributed by atoms with Gasteiger partial charge < -0.3 is 9.74 Å². The Hall–Kier alpha value is -2.70. The molecule has 23 heavy (non-hydrogen) atoms. The highest BCUT2D eigenvalue weighted by Crippen LogP contribution is 2.25. The summed E-state index contributed by atoms with van der Waals surface area (Å²) >= 11 is 0. The lowest BCUT2D eigenvalue weighted by molar-refractivity contribution is -0.173. The van der Waals surface area contributed by atoms with Crippen LogP contribution in [0.2, 0.25) is 0 Å². The minimum atomic E-state index is -0.661. The molecule has 7 nitrogen and oxygen atoms in total. The van der Waals surface area contributed by atoms with Gasteiger partial charge in [0.05, 0.1) is 17.0 Å². The van der Waals surface area contributed by atoms with Crippen LogP contribution in [0, 0.1) is 5.92 Å². The molecule has 0 spiro atoms. The number of carbonyl (C=O) groups is 4. The number of carbonyl (C=O) groups excluding carboxylic acids is 4. The molecule has 0 aromatic heterocycles. The first-order valence-corrected chi connectivity index (χ1v) is 7.50. The van der Waals surface area contributed by atoms with E-state index in [4.69, 9.17) is 4.84 Å². The van der Waals surface area contributed by atoms with Gasteiger partial charge in [-0.3, -0.25) is 14.4 Å². The molecule has 1 atom stereocenters. The van der Waals surface area contributed by atoms with Crippen LogP contribution in [-0.2, 0) is 14.4 Å². The van der Waals surface area contributed by atoms with Crippen molar-refractivity contribution in [2.24, 2.45) is 5.92 Å². The fourth-order valence-electron chi connectivity index (χ4n) is 2.82. The lowest BCUT2D eigenvalue weighted by atomic mass is 10.1. The number of imide groups is 1. The maximum atomic E-state index is 12.2. The van der Waals surface area contributed by atoms with Crippen molar-refractivity contribution in [3.05, 3.63) is 35.4 Å². The van der Waals surface area contributed by atoms with Crippen molar-refractivity contribution in [3.63, 3.8) is 0 Å². The number of hydroxylamine groups is 2. The summed E-state index contributed by atoms with van der Waals surface area (Å²) in [5, 5.41) is 0.511. The highest BCUT2D eigenvalue weighted by molar-refractivity contribution is 6.20. The Morgan fingerprint density at radius 2 is 1.78 bits per heavy atom. The van der Waals surface area contributed by atoms with Gasteiger partial charge in [0.1, 0.15) is 0 Å². The van der Waals surface area contributed by atoms with Crippen LogP contribution in [0.15, 0.2) is 24.3 Å². The van der Waals surface area contributed by atoms with Gasteiger partial charge in [0.15, 0.2) is 0 Å². The molecule has 1 saturated heterocycles. The van der Waals surface area contributed by atoms with E-state index in [0.29, 0.717) is 24.4 Å². The van der Waals surface area contributed by atoms with Crippen LogP contribution in [0.3, 0.4) is 0 Å². The zero-order valence-corrected chi connectivity index (χ0v) is 12.7. The normalized spacial score (nSPS) is 20.0. The van der Waals surface area contributed by atoms with Gasteiger partial charge in [-0.05, 0) is 18.6 Å². The molecule has 1 unspecified atom stereocenters. The Bertz CT molecular complexity index is 664. The summed E-state index contributed by atoms with van der Waals surface area (Å²) in [5.41, 5.74) is 0.444. The smallest absolute Gasteiger partial charge is 0.338 e. The third kappa shape index (κ3) is 2.58. The fourth-order valence-corrected chi connectivity index (χ4v) is 2.82. The highest BCUT2D eigenvalue weighted by atomic mass is 16.7. The first-order valence-electron chi connectivity index (χ1n) is 7.50. The monoisotopic (exact) mass is 316 g/mol. The molecule has 1 aromatic carbocycles. The summed E-state index contributed by atoms with van der Waals surface area (Å²) in [7, 11) is 0. The van der Waals surface area contributed by atoms with E-state index in [1.165, 1.54) is 12.1 Å². The van der Waals surface area contributed by atoms with E-state index in [-0.39, 0.29) is 23.6 Å². The Morgan fingerprint density at radius 1 is 1.17 bits per heavy atom. The van der Waals surface area contributed by atoms with Crippen LogP contribution in [0.4, 0.5) is 0 Å². The SMILES string of the molecule is CCC(=O)N1CCC(C(=O)ON2C(=O)c3ccccc3C2=O)C1. The quantitative estimate of drug-likeness (QED) is 0.777. The summed E-state index contributed by atoms with van der Waals surface area (Å²) in [6, 6.07) is 6.31. The number of fused-ring (bicyclic) bond motifs is 1. The van der Waals surface area contributed by atoms with Gasteiger partial charge in [0, 0.05) is 19.5 Å². The van der Waals surface area contributed by atoms with E-state index in [9.17, 15) is 19.2 Å². The average molecular weight is 316 g/mol. The topological polar surface area (TPSA) is 84.0 Å². The van der Waals surface area contributed by atoms with Crippen LogP contribution in [0.1, 0.15) is 40.5 Å². The molecule has 0 radical (unpaired) electrons. The van der Waals surface area contributed by atoms with E-state index >= 15 is 0 Å². The molecule has 0 saturated carbocycles. The predicted octanol–water partition coefficient (Wildman–Crippen LogP) is 0.999. The zero-order chi connectivity index (χ0) is 16.6. The van der Waals surface area contributed by atoms with Gasteiger partial charge in [0.25, 0.3) is 11.8 Å². The fraction of sp³-hybridized carbons (Fsp3) is 0.375. The molecule has 0 bridgehead atoms. The van der Waals surface area contributed by atoms with Gasteiger partial charge in [-0.1, -0.05) is 24.1 Å². The predicted molar refractivity (Wildman–Crippen MR) is 78.0 cm³/mol. The van der Waals surface area contributed by atoms with E-state index < -0.39 is 23.7 Å². The number of rotatable bonds is 3. The second-order valence-corrected chi connectivity index (χ2v) is 5.54. The summed E-state index contributed by atoms with van der Waals surface area (Å²) in [6.07, 6.45) is 0.841. The summed E-state index contributed by atoms with van der Waals surface area (Å²) in [5.74, 6) is -2.49. The number of amides is 3. The number of likely N-dealkylation sites (tertiary alicyclic amines) is 1. The number of nitrogens with zero attached hydrogens (tertiary/aromatic N) is 2. The molecule has 3 rings (SSSR count). The molecule has 0 aliphatic carbocycles. The maximum absolute atomic E-state index is 12.2. The first-order chi connectivity index (χ1) is 11.0. The molecule has 2 heterocycles. The lowest BCUT2D eigenvalue weighted by Crippen LogP contribution is -2.36. The van der Waals surface area contributed by atoms with Crippen LogP contribution in [0.5, 0.6) is 0 Å². The maximum Gasteiger partial charge on any atom is 0.338 e. The summed E-state index contributed by atoms with van der Waals surface area (Å²) in [6.45, 7) is 2.50. The molecule has 1 fully saturated rings. The van der Waals surface area contributed by atoms with Gasteiger partial charge in [-0.15, -0.1) is 0 Å². The molecule has 3 amide bonds. The molecule has 0 N–H and O–H groups in total. The first kappa shape index (κ1) is 15.2. The Morgan fingerprint density at radius 3 is 2.35 bits per heavy atom. The summed E-state index contributed by atoms with van der Waals surface area (Å²) < 4.78 is 0. The van der Waals surface area contributed by atoms with Crippen molar-refractivity contribution < 1.29 is 24.0 Å².